The van der Waals surface area contributed by atoms with Crippen molar-refractivity contribution in [3.63, 3.8) is 0 Å². The van der Waals surface area contributed by atoms with Crippen molar-refractivity contribution in [2.24, 2.45) is 5.73 Å². The Hall–Kier alpha value is -0.740. The Bertz CT molecular complexity index is 353. The number of aryl methyl sites for hydroxylation is 1. The lowest BCUT2D eigenvalue weighted by Gasteiger charge is -2.12. The lowest BCUT2D eigenvalue weighted by Crippen LogP contribution is -2.15. The zero-order valence-corrected chi connectivity index (χ0v) is 11.5. The maximum Gasteiger partial charge on any atom is 0.174 e. The van der Waals surface area contributed by atoms with Crippen LogP contribution in [0.4, 0.5) is 0 Å². The number of nitrogens with two attached hydrogens (primary N) is 1. The van der Waals surface area contributed by atoms with Crippen molar-refractivity contribution in [2.45, 2.75) is 25.8 Å². The van der Waals surface area contributed by atoms with Crippen molar-refractivity contribution in [1.82, 2.24) is 0 Å². The van der Waals surface area contributed by atoms with E-state index in [1.54, 1.807) is 14.2 Å². The first-order valence-corrected chi connectivity index (χ1v) is 6.03. The van der Waals surface area contributed by atoms with Gasteiger partial charge in [-0.3, -0.25) is 0 Å². The van der Waals surface area contributed by atoms with Crippen LogP contribution in [0.5, 0.6) is 11.5 Å². The van der Waals surface area contributed by atoms with Gasteiger partial charge in [0, 0.05) is 6.04 Å². The van der Waals surface area contributed by atoms with Crippen LogP contribution in [0, 0.1) is 0 Å². The molecule has 0 fully saturated rings. The average Bonchev–Trinajstić information content (AvgIpc) is 2.25. The van der Waals surface area contributed by atoms with Gasteiger partial charge in [-0.25, -0.2) is 0 Å². The number of hydrogen-bond donors (Lipinski definition) is 1. The molecule has 3 nitrogen and oxygen atoms in total. The molecular formula is C12H18BrNO2. The standard InChI is InChI=1S/C12H18BrNO2/c1-8(14)4-5-9-6-10(13)12(16-3)11(7-9)15-2/h6-8H,4-5,14H2,1-3H3/t8-/m0/s1. The molecule has 1 atom stereocenters. The Balaban J connectivity index is 2.92. The molecule has 0 aromatic heterocycles. The van der Waals surface area contributed by atoms with Gasteiger partial charge >= 0.3 is 0 Å². The van der Waals surface area contributed by atoms with E-state index in [-0.39, 0.29) is 6.04 Å². The minimum Gasteiger partial charge on any atom is -0.493 e. The first kappa shape index (κ1) is 13.3. The topological polar surface area (TPSA) is 44.5 Å². The van der Waals surface area contributed by atoms with Crippen molar-refractivity contribution >= 4 is 15.9 Å². The van der Waals surface area contributed by atoms with E-state index in [4.69, 9.17) is 15.2 Å². The van der Waals surface area contributed by atoms with Gasteiger partial charge in [-0.2, -0.15) is 0 Å². The monoisotopic (exact) mass is 287 g/mol. The van der Waals surface area contributed by atoms with E-state index in [0.717, 1.165) is 28.8 Å². The van der Waals surface area contributed by atoms with E-state index in [0.29, 0.717) is 0 Å². The quantitative estimate of drug-likeness (QED) is 0.906. The minimum absolute atomic E-state index is 0.215. The molecule has 1 rings (SSSR count). The molecule has 4 heteroatoms. The van der Waals surface area contributed by atoms with Crippen molar-refractivity contribution in [1.29, 1.82) is 0 Å². The van der Waals surface area contributed by atoms with Crippen molar-refractivity contribution in [3.05, 3.63) is 22.2 Å². The lowest BCUT2D eigenvalue weighted by atomic mass is 10.1. The van der Waals surface area contributed by atoms with Crippen LogP contribution >= 0.6 is 15.9 Å². The smallest absolute Gasteiger partial charge is 0.174 e. The fourth-order valence-corrected chi connectivity index (χ4v) is 2.16. The van der Waals surface area contributed by atoms with E-state index in [2.05, 4.69) is 15.9 Å². The van der Waals surface area contributed by atoms with Gasteiger partial charge < -0.3 is 15.2 Å². The molecular weight excluding hydrogens is 270 g/mol. The molecule has 0 heterocycles. The van der Waals surface area contributed by atoms with Crippen LogP contribution in [0.25, 0.3) is 0 Å². The number of benzene rings is 1. The number of halogens is 1. The number of hydrogen-bond acceptors (Lipinski definition) is 3. The third-order valence-electron chi connectivity index (χ3n) is 2.38. The lowest BCUT2D eigenvalue weighted by molar-refractivity contribution is 0.352. The zero-order valence-electron chi connectivity index (χ0n) is 9.92. The summed E-state index contributed by atoms with van der Waals surface area (Å²) < 4.78 is 11.4. The SMILES string of the molecule is COc1cc(CC[C@H](C)N)cc(Br)c1OC. The summed E-state index contributed by atoms with van der Waals surface area (Å²) in [7, 11) is 3.27. The molecule has 0 spiro atoms. The molecule has 0 amide bonds. The molecule has 0 aliphatic carbocycles. The Morgan fingerprint density at radius 1 is 1.31 bits per heavy atom. The molecule has 0 bridgehead atoms. The number of methoxy groups -OCH3 is 2. The van der Waals surface area contributed by atoms with Crippen molar-refractivity contribution < 1.29 is 9.47 Å². The summed E-state index contributed by atoms with van der Waals surface area (Å²) in [6.45, 7) is 2.01. The van der Waals surface area contributed by atoms with Gasteiger partial charge in [-0.05, 0) is 53.4 Å². The Morgan fingerprint density at radius 2 is 2.00 bits per heavy atom. The normalized spacial score (nSPS) is 12.3. The highest BCUT2D eigenvalue weighted by atomic mass is 79.9. The van der Waals surface area contributed by atoms with Gasteiger partial charge in [0.1, 0.15) is 0 Å². The average molecular weight is 288 g/mol. The molecule has 0 aliphatic rings. The second-order valence-electron chi connectivity index (χ2n) is 3.83. The van der Waals surface area contributed by atoms with Gasteiger partial charge in [0.15, 0.2) is 11.5 Å². The summed E-state index contributed by atoms with van der Waals surface area (Å²) in [5.74, 6) is 1.48. The van der Waals surface area contributed by atoms with Crippen LogP contribution in [-0.4, -0.2) is 20.3 Å². The first-order chi connectivity index (χ1) is 7.58. The molecule has 16 heavy (non-hydrogen) atoms. The van der Waals surface area contributed by atoms with E-state index in [9.17, 15) is 0 Å². The van der Waals surface area contributed by atoms with E-state index in [1.165, 1.54) is 5.56 Å². The third-order valence-corrected chi connectivity index (χ3v) is 2.97. The predicted octanol–water partition coefficient (Wildman–Crippen LogP) is 2.75. The second-order valence-corrected chi connectivity index (χ2v) is 4.68. The maximum absolute atomic E-state index is 5.74. The third kappa shape index (κ3) is 3.39. The Morgan fingerprint density at radius 3 is 2.50 bits per heavy atom. The number of rotatable bonds is 5. The summed E-state index contributed by atoms with van der Waals surface area (Å²) in [4.78, 5) is 0. The molecule has 0 saturated carbocycles. The Labute approximate surface area is 105 Å². The van der Waals surface area contributed by atoms with Crippen LogP contribution in [-0.2, 0) is 6.42 Å². The van der Waals surface area contributed by atoms with Crippen molar-refractivity contribution in [3.8, 4) is 11.5 Å². The highest BCUT2D eigenvalue weighted by molar-refractivity contribution is 9.10. The highest BCUT2D eigenvalue weighted by Crippen LogP contribution is 2.36. The van der Waals surface area contributed by atoms with Crippen LogP contribution < -0.4 is 15.2 Å². The summed E-state index contributed by atoms with van der Waals surface area (Å²) in [5.41, 5.74) is 6.93. The maximum atomic E-state index is 5.74. The first-order valence-electron chi connectivity index (χ1n) is 5.24. The molecule has 0 saturated heterocycles. The summed E-state index contributed by atoms with van der Waals surface area (Å²) in [5, 5.41) is 0. The van der Waals surface area contributed by atoms with Gasteiger partial charge in [0.2, 0.25) is 0 Å². The minimum atomic E-state index is 0.215. The van der Waals surface area contributed by atoms with E-state index < -0.39 is 0 Å². The fraction of sp³-hybridized carbons (Fsp3) is 0.500. The Kier molecular flexibility index (Phi) is 5.09. The van der Waals surface area contributed by atoms with Crippen LogP contribution in [0.1, 0.15) is 18.9 Å². The van der Waals surface area contributed by atoms with Crippen molar-refractivity contribution in [2.75, 3.05) is 14.2 Å². The molecule has 1 aromatic carbocycles. The van der Waals surface area contributed by atoms with Gasteiger partial charge in [0.05, 0.1) is 18.7 Å². The molecule has 0 radical (unpaired) electrons. The number of ether oxygens (including phenoxy) is 2. The largest absolute Gasteiger partial charge is 0.493 e. The zero-order chi connectivity index (χ0) is 12.1. The van der Waals surface area contributed by atoms with Gasteiger partial charge in [0.25, 0.3) is 0 Å². The van der Waals surface area contributed by atoms with Crippen LogP contribution in [0.3, 0.4) is 0 Å². The van der Waals surface area contributed by atoms with Gasteiger partial charge in [-0.1, -0.05) is 0 Å². The van der Waals surface area contributed by atoms with Crippen LogP contribution in [0.15, 0.2) is 16.6 Å². The predicted molar refractivity (Wildman–Crippen MR) is 69.2 cm³/mol. The van der Waals surface area contributed by atoms with E-state index >= 15 is 0 Å². The second kappa shape index (κ2) is 6.11. The van der Waals surface area contributed by atoms with Gasteiger partial charge in [-0.15, -0.1) is 0 Å². The molecule has 2 N–H and O–H groups in total. The summed E-state index contributed by atoms with van der Waals surface area (Å²) >= 11 is 3.47. The molecule has 0 unspecified atom stereocenters. The van der Waals surface area contributed by atoms with E-state index in [1.807, 2.05) is 19.1 Å². The molecule has 1 aromatic rings. The van der Waals surface area contributed by atoms with Crippen LogP contribution in [0.2, 0.25) is 0 Å². The fourth-order valence-electron chi connectivity index (χ4n) is 1.51. The molecule has 90 valence electrons. The summed E-state index contributed by atoms with van der Waals surface area (Å²) in [6.07, 6.45) is 1.90. The molecule has 0 aliphatic heterocycles. The summed E-state index contributed by atoms with van der Waals surface area (Å²) in [6, 6.07) is 4.25. The highest BCUT2D eigenvalue weighted by Gasteiger charge is 2.10.